The van der Waals surface area contributed by atoms with Crippen molar-refractivity contribution in [3.63, 3.8) is 0 Å². The fraction of sp³-hybridized carbons (Fsp3) is 0.280. The van der Waals surface area contributed by atoms with Crippen molar-refractivity contribution in [1.29, 1.82) is 0 Å². The van der Waals surface area contributed by atoms with Crippen molar-refractivity contribution in [2.24, 2.45) is 0 Å². The lowest BCUT2D eigenvalue weighted by Crippen LogP contribution is -2.47. The number of halogens is 1. The number of nitrogens with zero attached hydrogens (tertiary/aromatic N) is 1. The summed E-state index contributed by atoms with van der Waals surface area (Å²) in [5.41, 5.74) is 3.99. The van der Waals surface area contributed by atoms with Gasteiger partial charge in [-0.2, -0.15) is 0 Å². The molecule has 2 aliphatic rings. The summed E-state index contributed by atoms with van der Waals surface area (Å²) in [4.78, 5) is 5.28. The predicted molar refractivity (Wildman–Crippen MR) is 120 cm³/mol. The fourth-order valence-electron chi connectivity index (χ4n) is 4.64. The summed E-state index contributed by atoms with van der Waals surface area (Å²) < 4.78 is 6.24. The van der Waals surface area contributed by atoms with Crippen LogP contribution in [0.15, 0.2) is 82.6 Å². The largest absolute Gasteiger partial charge is 0.371 e. The third-order valence-electron chi connectivity index (χ3n) is 6.07. The molecule has 5 rings (SSSR count). The van der Waals surface area contributed by atoms with Crippen LogP contribution in [-0.4, -0.2) is 24.1 Å². The zero-order valence-electron chi connectivity index (χ0n) is 16.4. The summed E-state index contributed by atoms with van der Waals surface area (Å²) in [6.45, 7) is 3.96. The van der Waals surface area contributed by atoms with Crippen LogP contribution in [0.25, 0.3) is 0 Å². The third-order valence-corrected chi connectivity index (χ3v) is 7.52. The lowest BCUT2D eigenvalue weighted by molar-refractivity contribution is -0.0837. The zero-order chi connectivity index (χ0) is 19.8. The second-order valence-corrected chi connectivity index (χ2v) is 9.31. The summed E-state index contributed by atoms with van der Waals surface area (Å²) >= 11 is 8.32. The van der Waals surface area contributed by atoms with Crippen molar-refractivity contribution in [1.82, 2.24) is 4.90 Å². The lowest BCUT2D eigenvalue weighted by atomic mass is 9.92. The smallest absolute Gasteiger partial charge is 0.0978 e. The van der Waals surface area contributed by atoms with Gasteiger partial charge in [-0.3, -0.25) is 4.90 Å². The van der Waals surface area contributed by atoms with E-state index in [1.165, 1.54) is 26.5 Å². The molecule has 0 radical (unpaired) electrons. The van der Waals surface area contributed by atoms with Crippen LogP contribution in [0.4, 0.5) is 0 Å². The van der Waals surface area contributed by atoms with E-state index in [0.717, 1.165) is 24.6 Å². The Bertz CT molecular complexity index is 1010. The van der Waals surface area contributed by atoms with Gasteiger partial charge in [0.05, 0.1) is 12.7 Å². The number of morpholine rings is 1. The van der Waals surface area contributed by atoms with E-state index in [1.807, 2.05) is 17.8 Å². The van der Waals surface area contributed by atoms with Crippen LogP contribution in [0, 0.1) is 0 Å². The van der Waals surface area contributed by atoms with Gasteiger partial charge in [0.1, 0.15) is 0 Å². The van der Waals surface area contributed by atoms with Gasteiger partial charge in [-0.15, -0.1) is 0 Å². The molecule has 0 amide bonds. The first-order valence-corrected chi connectivity index (χ1v) is 11.4. The molecule has 4 heteroatoms. The van der Waals surface area contributed by atoms with Gasteiger partial charge in [-0.1, -0.05) is 71.9 Å². The quantitative estimate of drug-likeness (QED) is 0.465. The number of hydrogen-bond donors (Lipinski definition) is 0. The topological polar surface area (TPSA) is 12.5 Å². The second kappa shape index (κ2) is 8.16. The maximum Gasteiger partial charge on any atom is 0.0978 e. The monoisotopic (exact) mass is 421 g/mol. The van der Waals surface area contributed by atoms with Gasteiger partial charge in [0.15, 0.2) is 0 Å². The highest BCUT2D eigenvalue weighted by atomic mass is 35.5. The molecule has 1 saturated heterocycles. The van der Waals surface area contributed by atoms with Gasteiger partial charge in [-0.05, 0) is 54.3 Å². The summed E-state index contributed by atoms with van der Waals surface area (Å²) in [5, 5.41) is 0.806. The Balaban J connectivity index is 1.56. The van der Waals surface area contributed by atoms with E-state index in [2.05, 4.69) is 78.6 Å². The molecule has 148 valence electrons. The standard InChI is InChI=1S/C25H24ClNOS/c1-17-25(18-7-3-2-4-8-18)28-14-13-27(17)22-15-19-9-5-6-10-23(19)29-24-12-11-20(26)16-21(22)24/h2-12,16-17,22,25H,13-15H2,1H3/t17-,22-,25-/m1/s1. The van der Waals surface area contributed by atoms with Crippen LogP contribution in [0.3, 0.4) is 0 Å². The molecule has 0 saturated carbocycles. The van der Waals surface area contributed by atoms with Gasteiger partial charge in [-0.25, -0.2) is 0 Å². The molecule has 2 aliphatic heterocycles. The Kier molecular flexibility index (Phi) is 5.40. The van der Waals surface area contributed by atoms with E-state index >= 15 is 0 Å². The van der Waals surface area contributed by atoms with Crippen LogP contribution in [0.1, 0.15) is 35.8 Å². The Morgan fingerprint density at radius 1 is 0.966 bits per heavy atom. The van der Waals surface area contributed by atoms with Crippen molar-refractivity contribution >= 4 is 23.4 Å². The number of rotatable bonds is 2. The summed E-state index contributed by atoms with van der Waals surface area (Å²) in [6, 6.07) is 26.3. The van der Waals surface area contributed by atoms with E-state index in [0.29, 0.717) is 0 Å². The fourth-order valence-corrected chi connectivity index (χ4v) is 5.93. The average Bonchev–Trinajstić information content (AvgIpc) is 2.91. The van der Waals surface area contributed by atoms with Crippen molar-refractivity contribution in [2.75, 3.05) is 13.2 Å². The van der Waals surface area contributed by atoms with Crippen molar-refractivity contribution in [3.8, 4) is 0 Å². The third kappa shape index (κ3) is 3.73. The summed E-state index contributed by atoms with van der Waals surface area (Å²) in [6.07, 6.45) is 1.07. The summed E-state index contributed by atoms with van der Waals surface area (Å²) in [7, 11) is 0. The first-order chi connectivity index (χ1) is 14.2. The van der Waals surface area contributed by atoms with Gasteiger partial charge in [0.2, 0.25) is 0 Å². The highest BCUT2D eigenvalue weighted by Crippen LogP contribution is 2.45. The zero-order valence-corrected chi connectivity index (χ0v) is 18.0. The minimum atomic E-state index is 0.0822. The molecule has 3 aromatic rings. The summed E-state index contributed by atoms with van der Waals surface area (Å²) in [5.74, 6) is 0. The van der Waals surface area contributed by atoms with E-state index in [9.17, 15) is 0 Å². The van der Waals surface area contributed by atoms with Crippen LogP contribution in [0.5, 0.6) is 0 Å². The molecule has 0 N–H and O–H groups in total. The van der Waals surface area contributed by atoms with E-state index < -0.39 is 0 Å². The van der Waals surface area contributed by atoms with Gasteiger partial charge < -0.3 is 4.74 Å². The van der Waals surface area contributed by atoms with Crippen molar-refractivity contribution in [2.45, 2.75) is 41.3 Å². The molecular weight excluding hydrogens is 398 g/mol. The van der Waals surface area contributed by atoms with E-state index in [-0.39, 0.29) is 18.2 Å². The number of hydrogen-bond acceptors (Lipinski definition) is 3. The predicted octanol–water partition coefficient (Wildman–Crippen LogP) is 6.55. The Morgan fingerprint density at radius 2 is 1.76 bits per heavy atom. The average molecular weight is 422 g/mol. The van der Waals surface area contributed by atoms with Gasteiger partial charge in [0, 0.05) is 33.4 Å². The number of fused-ring (bicyclic) bond motifs is 2. The maximum atomic E-state index is 6.45. The molecule has 2 heterocycles. The molecule has 0 aromatic heterocycles. The molecule has 0 aliphatic carbocycles. The normalized spacial score (nSPS) is 24.4. The van der Waals surface area contributed by atoms with Crippen molar-refractivity contribution < 1.29 is 4.74 Å². The van der Waals surface area contributed by atoms with Crippen molar-refractivity contribution in [3.05, 3.63) is 94.5 Å². The molecule has 3 atom stereocenters. The molecule has 0 unspecified atom stereocenters. The van der Waals surface area contributed by atoms with Gasteiger partial charge in [0.25, 0.3) is 0 Å². The second-order valence-electron chi connectivity index (χ2n) is 7.79. The lowest BCUT2D eigenvalue weighted by Gasteiger charge is -2.44. The minimum absolute atomic E-state index is 0.0822. The van der Waals surface area contributed by atoms with Crippen LogP contribution >= 0.6 is 23.4 Å². The van der Waals surface area contributed by atoms with E-state index in [1.54, 1.807) is 0 Å². The molecule has 0 bridgehead atoms. The molecule has 1 fully saturated rings. The van der Waals surface area contributed by atoms with E-state index in [4.69, 9.17) is 16.3 Å². The minimum Gasteiger partial charge on any atom is -0.371 e. The first kappa shape index (κ1) is 19.2. The van der Waals surface area contributed by atoms with Crippen LogP contribution < -0.4 is 0 Å². The van der Waals surface area contributed by atoms with Crippen LogP contribution in [-0.2, 0) is 11.2 Å². The Labute approximate surface area is 181 Å². The molecular formula is C25H24ClNOS. The Morgan fingerprint density at radius 3 is 2.62 bits per heavy atom. The van der Waals surface area contributed by atoms with Crippen LogP contribution in [0.2, 0.25) is 5.02 Å². The highest BCUT2D eigenvalue weighted by Gasteiger charge is 2.37. The molecule has 2 nitrogen and oxygen atoms in total. The molecule has 0 spiro atoms. The van der Waals surface area contributed by atoms with Gasteiger partial charge >= 0.3 is 0 Å². The highest BCUT2D eigenvalue weighted by molar-refractivity contribution is 7.99. The number of ether oxygens (including phenoxy) is 1. The number of benzene rings is 3. The SMILES string of the molecule is C[C@@H]1[C@H](c2ccccc2)OCCN1[C@@H]1Cc2ccccc2Sc2ccc(Cl)cc21. The molecule has 3 aromatic carbocycles. The maximum absolute atomic E-state index is 6.45. The first-order valence-electron chi connectivity index (χ1n) is 10.2. The Hall–Kier alpha value is -1.78. The molecule has 29 heavy (non-hydrogen) atoms.